The van der Waals surface area contributed by atoms with Crippen LogP contribution in [0.3, 0.4) is 0 Å². The topological polar surface area (TPSA) is 53.4 Å². The number of phenolic OH excluding ortho intramolecular Hbond substituents is 2. The molecule has 1 aromatic heterocycles. The molecule has 3 nitrogen and oxygen atoms in total. The van der Waals surface area contributed by atoms with Crippen molar-refractivity contribution >= 4 is 0 Å². The van der Waals surface area contributed by atoms with Gasteiger partial charge in [-0.1, -0.05) is 161 Å². The molecule has 434 valence electrons. The normalized spacial score (nSPS) is 25.0. The van der Waals surface area contributed by atoms with Gasteiger partial charge in [0.05, 0.1) is 11.4 Å². The molecule has 15 rings (SSSR count). The van der Waals surface area contributed by atoms with Crippen LogP contribution >= 0.6 is 0 Å². The summed E-state index contributed by atoms with van der Waals surface area (Å²) in [5.74, 6) is 5.71. The molecule has 8 aliphatic rings. The van der Waals surface area contributed by atoms with Gasteiger partial charge in [0.2, 0.25) is 0 Å². The number of aromatic hydroxyl groups is 2. The van der Waals surface area contributed by atoms with Crippen molar-refractivity contribution in [2.45, 2.75) is 193 Å². The molecule has 4 heteroatoms. The van der Waals surface area contributed by atoms with Crippen LogP contribution in [0.1, 0.15) is 205 Å². The molecule has 1 heterocycles. The molecule has 0 radical (unpaired) electrons. The Balaban J connectivity index is 0.000000280. The second-order valence-electron chi connectivity index (χ2n) is 31.1. The standard InChI is InChI=1S/C57H65NO2.2C11H15.Zr/c1-54(2,3)40-24-46(52(59)48(26-40)56-28-34-18-35(29-56)20-36(19-34)30-56)42-12-7-9-14-44(42)50-16-11-17-51(58-50)45-15-10-8-13-43(45)47-25-41(55(4,5)6)27-49(53(47)60)57-31-37-21-38(32-57)23-39(22-37)33-57;2*1-9-5-7-10(8-6-9)11(2,3)4;/h7-17,24-27,34-39,59-60H,18-23,28-33H2,1-6H3;2*5-8H,1H2,2-4H3;/q;2*-1;. The molecule has 8 fully saturated rings. The summed E-state index contributed by atoms with van der Waals surface area (Å²) in [6, 6.07) is 49.6. The van der Waals surface area contributed by atoms with Crippen molar-refractivity contribution in [2.24, 2.45) is 35.5 Å². The van der Waals surface area contributed by atoms with Gasteiger partial charge < -0.3 is 10.2 Å². The van der Waals surface area contributed by atoms with Gasteiger partial charge in [0.15, 0.2) is 0 Å². The average molecular weight is 1180 g/mol. The van der Waals surface area contributed by atoms with Crippen molar-refractivity contribution in [3.05, 3.63) is 198 Å². The molecular formula is C79H95NO2Zr-2. The Labute approximate surface area is 520 Å². The van der Waals surface area contributed by atoms with Crippen LogP contribution in [-0.4, -0.2) is 15.2 Å². The van der Waals surface area contributed by atoms with E-state index in [1.165, 1.54) is 110 Å². The molecular weight excluding hydrogens is 1090 g/mol. The van der Waals surface area contributed by atoms with E-state index in [0.717, 1.165) is 91.4 Å². The molecule has 7 aromatic rings. The summed E-state index contributed by atoms with van der Waals surface area (Å²) in [6.45, 7) is 34.8. The van der Waals surface area contributed by atoms with E-state index >= 15 is 0 Å². The fraction of sp³-hybridized carbons (Fsp3) is 0.456. The molecule has 0 spiro atoms. The molecule has 0 amide bonds. The van der Waals surface area contributed by atoms with Gasteiger partial charge in [0, 0.05) is 59.6 Å². The fourth-order valence-corrected chi connectivity index (χ4v) is 16.9. The summed E-state index contributed by atoms with van der Waals surface area (Å²) in [5.41, 5.74) is 18.1. The van der Waals surface area contributed by atoms with Gasteiger partial charge in [-0.15, -0.1) is 24.3 Å². The number of rotatable bonds is 6. The van der Waals surface area contributed by atoms with Gasteiger partial charge in [0.25, 0.3) is 0 Å². The Morgan fingerprint density at radius 3 is 0.904 bits per heavy atom. The number of hydrogen-bond donors (Lipinski definition) is 2. The molecule has 0 saturated heterocycles. The SMILES string of the molecule is CC(C)(C)c1cc(-c2ccccc2-c2cccc(-c3ccccc3-c3cc(C(C)(C)C)cc(C45CC6CC(CC(C6)C4)C5)c3O)n2)c(O)c(C23CC4CC(CC(C4)C2)C3)c1.[CH2-]c1ccc(C(C)(C)C)cc1.[CH2-]c1ccc(C(C)(C)C)cc1.[Zr]. The first-order valence-electron chi connectivity index (χ1n) is 31.4. The number of pyridine rings is 1. The number of phenols is 2. The second-order valence-corrected chi connectivity index (χ2v) is 31.1. The first kappa shape index (κ1) is 60.8. The van der Waals surface area contributed by atoms with Crippen molar-refractivity contribution in [3.63, 3.8) is 0 Å². The van der Waals surface area contributed by atoms with Crippen molar-refractivity contribution in [1.29, 1.82) is 0 Å². The van der Waals surface area contributed by atoms with Gasteiger partial charge >= 0.3 is 0 Å². The van der Waals surface area contributed by atoms with Crippen LogP contribution in [0.4, 0.5) is 0 Å². The smallest absolute Gasteiger partial charge is 0.127 e. The van der Waals surface area contributed by atoms with Gasteiger partial charge in [-0.3, -0.25) is 0 Å². The number of hydrogen-bond acceptors (Lipinski definition) is 3. The maximum atomic E-state index is 12.6. The Hall–Kier alpha value is -5.31. The molecule has 8 aliphatic carbocycles. The molecule has 0 atom stereocenters. The molecule has 2 N–H and O–H groups in total. The largest absolute Gasteiger partial charge is 0.507 e. The summed E-state index contributed by atoms with van der Waals surface area (Å²) < 4.78 is 0. The number of nitrogens with zero attached hydrogens (tertiary/aromatic N) is 1. The van der Waals surface area contributed by atoms with E-state index in [9.17, 15) is 10.2 Å². The third-order valence-corrected chi connectivity index (χ3v) is 20.5. The molecule has 83 heavy (non-hydrogen) atoms. The van der Waals surface area contributed by atoms with Gasteiger partial charge in [-0.05, 0) is 192 Å². The molecule has 0 unspecified atom stereocenters. The van der Waals surface area contributed by atoms with Gasteiger partial charge in [-0.25, -0.2) is 4.98 Å². The minimum Gasteiger partial charge on any atom is -0.507 e. The van der Waals surface area contributed by atoms with Crippen LogP contribution in [0.25, 0.3) is 44.8 Å². The van der Waals surface area contributed by atoms with Crippen molar-refractivity contribution in [3.8, 4) is 56.3 Å². The van der Waals surface area contributed by atoms with E-state index in [0.29, 0.717) is 11.5 Å². The third kappa shape index (κ3) is 12.5. The van der Waals surface area contributed by atoms with E-state index in [-0.39, 0.29) is 58.7 Å². The Morgan fingerprint density at radius 2 is 0.627 bits per heavy atom. The van der Waals surface area contributed by atoms with Gasteiger partial charge in [0.1, 0.15) is 11.5 Å². The van der Waals surface area contributed by atoms with Crippen LogP contribution < -0.4 is 0 Å². The minimum atomic E-state index is -0.0677. The average Bonchev–Trinajstić information content (AvgIpc) is 2.59. The van der Waals surface area contributed by atoms with Crippen molar-refractivity contribution in [1.82, 2.24) is 4.98 Å². The van der Waals surface area contributed by atoms with E-state index in [2.05, 4.69) is 236 Å². The van der Waals surface area contributed by atoms with E-state index < -0.39 is 0 Å². The Bertz CT molecular complexity index is 3150. The summed E-state index contributed by atoms with van der Waals surface area (Å²) in [4.78, 5) is 5.48. The quantitative estimate of drug-likeness (QED) is 0.163. The number of aromatic nitrogens is 1. The zero-order valence-corrected chi connectivity index (χ0v) is 54.9. The van der Waals surface area contributed by atoms with E-state index in [1.54, 1.807) is 0 Å². The van der Waals surface area contributed by atoms with E-state index in [1.807, 2.05) is 0 Å². The third-order valence-electron chi connectivity index (χ3n) is 20.5. The molecule has 6 aromatic carbocycles. The summed E-state index contributed by atoms with van der Waals surface area (Å²) in [7, 11) is 0. The fourth-order valence-electron chi connectivity index (χ4n) is 16.9. The predicted octanol–water partition coefficient (Wildman–Crippen LogP) is 21.0. The van der Waals surface area contributed by atoms with Crippen molar-refractivity contribution < 1.29 is 36.4 Å². The summed E-state index contributed by atoms with van der Waals surface area (Å²) in [5, 5.41) is 25.2. The van der Waals surface area contributed by atoms with Crippen molar-refractivity contribution in [2.75, 3.05) is 0 Å². The number of benzene rings is 6. The maximum absolute atomic E-state index is 12.6. The van der Waals surface area contributed by atoms with E-state index in [4.69, 9.17) is 4.98 Å². The second kappa shape index (κ2) is 22.8. The first-order valence-corrected chi connectivity index (χ1v) is 31.4. The van der Waals surface area contributed by atoms with Gasteiger partial charge in [-0.2, -0.15) is 49.2 Å². The summed E-state index contributed by atoms with van der Waals surface area (Å²) >= 11 is 0. The van der Waals surface area contributed by atoms with Crippen LogP contribution in [0.5, 0.6) is 11.5 Å². The maximum Gasteiger partial charge on any atom is 0.127 e. The Kier molecular flexibility index (Phi) is 16.7. The Morgan fingerprint density at radius 1 is 0.349 bits per heavy atom. The molecule has 0 aliphatic heterocycles. The monoisotopic (exact) mass is 1180 g/mol. The van der Waals surface area contributed by atoms with Crippen LogP contribution in [0, 0.1) is 49.4 Å². The molecule has 8 bridgehead atoms. The van der Waals surface area contributed by atoms with Crippen LogP contribution in [0.2, 0.25) is 0 Å². The van der Waals surface area contributed by atoms with Crippen LogP contribution in [-0.2, 0) is 58.7 Å². The summed E-state index contributed by atoms with van der Waals surface area (Å²) in [6.07, 6.45) is 15.5. The minimum absolute atomic E-state index is 0. The zero-order chi connectivity index (χ0) is 58.3. The zero-order valence-electron chi connectivity index (χ0n) is 52.5. The predicted molar refractivity (Wildman–Crippen MR) is 346 cm³/mol. The first-order chi connectivity index (χ1) is 38.6. The van der Waals surface area contributed by atoms with Crippen LogP contribution in [0.15, 0.2) is 140 Å². The molecule has 8 saturated carbocycles.